The Hall–Kier alpha value is -2.82. The second-order valence-corrected chi connectivity index (χ2v) is 5.44. The normalized spacial score (nSPS) is 13.6. The van der Waals surface area contributed by atoms with Crippen LogP contribution in [0.3, 0.4) is 0 Å². The third-order valence-electron chi connectivity index (χ3n) is 4.17. The van der Waals surface area contributed by atoms with E-state index in [1.807, 2.05) is 24.3 Å². The summed E-state index contributed by atoms with van der Waals surface area (Å²) in [4.78, 5) is 26.1. The maximum Gasteiger partial charge on any atom is 0.419 e. The zero-order valence-electron chi connectivity index (χ0n) is 12.1. The highest BCUT2D eigenvalue weighted by molar-refractivity contribution is 6.08. The number of amides is 1. The topological polar surface area (TPSA) is 55.5 Å². The first kappa shape index (κ1) is 12.9. The van der Waals surface area contributed by atoms with E-state index in [1.165, 1.54) is 10.1 Å². The largest absolute Gasteiger partial charge is 0.419 e. The van der Waals surface area contributed by atoms with Crippen LogP contribution >= 0.6 is 0 Å². The molecule has 1 aliphatic rings. The smallest absolute Gasteiger partial charge is 0.408 e. The van der Waals surface area contributed by atoms with Crippen LogP contribution in [0.5, 0.6) is 0 Å². The molecule has 0 unspecified atom stereocenters. The van der Waals surface area contributed by atoms with Crippen LogP contribution < -0.4 is 10.7 Å². The summed E-state index contributed by atoms with van der Waals surface area (Å²) in [5.74, 6) is -0.480. The first-order chi connectivity index (χ1) is 10.6. The van der Waals surface area contributed by atoms with Gasteiger partial charge in [-0.05, 0) is 36.2 Å². The SMILES string of the molecule is Cn1c(=O)oc2ccc(C(=O)N3CCc4ccccc43)cc21. The van der Waals surface area contributed by atoms with Crippen LogP contribution in [0.2, 0.25) is 0 Å². The first-order valence-corrected chi connectivity index (χ1v) is 7.14. The fourth-order valence-corrected chi connectivity index (χ4v) is 2.96. The number of carbonyl (C=O) groups is 1. The Morgan fingerprint density at radius 3 is 2.86 bits per heavy atom. The molecule has 2 aromatic carbocycles. The lowest BCUT2D eigenvalue weighted by atomic mass is 10.1. The third-order valence-corrected chi connectivity index (χ3v) is 4.17. The van der Waals surface area contributed by atoms with Crippen LogP contribution in [-0.2, 0) is 13.5 Å². The summed E-state index contributed by atoms with van der Waals surface area (Å²) in [5, 5.41) is 0. The number of rotatable bonds is 1. The van der Waals surface area contributed by atoms with Gasteiger partial charge in [0.1, 0.15) is 0 Å². The second-order valence-electron chi connectivity index (χ2n) is 5.44. The van der Waals surface area contributed by atoms with Crippen molar-refractivity contribution < 1.29 is 9.21 Å². The quantitative estimate of drug-likeness (QED) is 0.692. The summed E-state index contributed by atoms with van der Waals surface area (Å²) < 4.78 is 6.50. The molecule has 0 N–H and O–H groups in total. The molecule has 1 amide bonds. The van der Waals surface area contributed by atoms with Gasteiger partial charge in [0.25, 0.3) is 5.91 Å². The Morgan fingerprint density at radius 1 is 1.18 bits per heavy atom. The van der Waals surface area contributed by atoms with Crippen LogP contribution in [-0.4, -0.2) is 17.0 Å². The number of aryl methyl sites for hydroxylation is 1. The van der Waals surface area contributed by atoms with Crippen molar-refractivity contribution in [3.05, 3.63) is 64.1 Å². The van der Waals surface area contributed by atoms with E-state index < -0.39 is 5.76 Å². The third kappa shape index (κ3) is 1.79. The van der Waals surface area contributed by atoms with Crippen molar-refractivity contribution in [2.45, 2.75) is 6.42 Å². The van der Waals surface area contributed by atoms with Crippen molar-refractivity contribution in [3.8, 4) is 0 Å². The minimum atomic E-state index is -0.425. The van der Waals surface area contributed by atoms with E-state index in [9.17, 15) is 9.59 Å². The molecule has 0 fully saturated rings. The first-order valence-electron chi connectivity index (χ1n) is 7.14. The van der Waals surface area contributed by atoms with E-state index in [1.54, 1.807) is 30.1 Å². The molecular formula is C17H14N2O3. The predicted molar refractivity (Wildman–Crippen MR) is 83.3 cm³/mol. The number of hydrogen-bond donors (Lipinski definition) is 0. The van der Waals surface area contributed by atoms with E-state index in [-0.39, 0.29) is 5.91 Å². The lowest BCUT2D eigenvalue weighted by Crippen LogP contribution is -2.28. The zero-order valence-corrected chi connectivity index (χ0v) is 12.1. The van der Waals surface area contributed by atoms with Crippen LogP contribution in [0.1, 0.15) is 15.9 Å². The van der Waals surface area contributed by atoms with Gasteiger partial charge in [-0.15, -0.1) is 0 Å². The zero-order chi connectivity index (χ0) is 15.3. The van der Waals surface area contributed by atoms with Gasteiger partial charge in [-0.3, -0.25) is 9.36 Å². The maximum atomic E-state index is 12.8. The van der Waals surface area contributed by atoms with Crippen molar-refractivity contribution in [1.29, 1.82) is 0 Å². The number of anilines is 1. The van der Waals surface area contributed by atoms with Crippen molar-refractivity contribution in [1.82, 2.24) is 4.57 Å². The molecule has 1 aliphatic heterocycles. The van der Waals surface area contributed by atoms with Crippen molar-refractivity contribution in [3.63, 3.8) is 0 Å². The average Bonchev–Trinajstić information content (AvgIpc) is 3.09. The summed E-state index contributed by atoms with van der Waals surface area (Å²) >= 11 is 0. The lowest BCUT2D eigenvalue weighted by Gasteiger charge is -2.17. The molecule has 0 spiro atoms. The molecule has 5 nitrogen and oxygen atoms in total. The van der Waals surface area contributed by atoms with Crippen LogP contribution in [0.15, 0.2) is 51.7 Å². The number of oxazole rings is 1. The number of nitrogens with zero attached hydrogens (tertiary/aromatic N) is 2. The number of aromatic nitrogens is 1. The highest BCUT2D eigenvalue weighted by Crippen LogP contribution is 2.29. The standard InChI is InChI=1S/C17H14N2O3/c1-18-14-10-12(6-7-15(14)22-17(18)21)16(20)19-9-8-11-4-2-3-5-13(11)19/h2-7,10H,8-9H2,1H3. The Labute approximate surface area is 126 Å². The van der Waals surface area contributed by atoms with Gasteiger partial charge in [-0.25, -0.2) is 4.79 Å². The second kappa shape index (κ2) is 4.59. The molecule has 22 heavy (non-hydrogen) atoms. The van der Waals surface area contributed by atoms with Gasteiger partial charge in [0.05, 0.1) is 5.52 Å². The summed E-state index contributed by atoms with van der Waals surface area (Å²) in [7, 11) is 1.63. The monoisotopic (exact) mass is 294 g/mol. The Morgan fingerprint density at radius 2 is 2.00 bits per heavy atom. The van der Waals surface area contributed by atoms with E-state index in [4.69, 9.17) is 4.42 Å². The Kier molecular flexibility index (Phi) is 2.69. The highest BCUT2D eigenvalue weighted by Gasteiger charge is 2.25. The molecule has 110 valence electrons. The lowest BCUT2D eigenvalue weighted by molar-refractivity contribution is 0.0989. The number of hydrogen-bond acceptors (Lipinski definition) is 3. The van der Waals surface area contributed by atoms with Gasteiger partial charge in [-0.2, -0.15) is 0 Å². The van der Waals surface area contributed by atoms with Crippen LogP contribution in [0.4, 0.5) is 5.69 Å². The molecule has 0 saturated heterocycles. The fraction of sp³-hybridized carbons (Fsp3) is 0.176. The number of fused-ring (bicyclic) bond motifs is 2. The molecule has 4 rings (SSSR count). The minimum Gasteiger partial charge on any atom is -0.408 e. The summed E-state index contributed by atoms with van der Waals surface area (Å²) in [6.45, 7) is 0.681. The molecule has 1 aromatic heterocycles. The molecular weight excluding hydrogens is 280 g/mol. The minimum absolute atomic E-state index is 0.0551. The molecule has 3 aromatic rings. The summed E-state index contributed by atoms with van der Waals surface area (Å²) in [5.41, 5.74) is 3.83. The van der Waals surface area contributed by atoms with Crippen molar-refractivity contribution in [2.75, 3.05) is 11.4 Å². The predicted octanol–water partition coefficient (Wildman–Crippen LogP) is 2.33. The van der Waals surface area contributed by atoms with Gasteiger partial charge in [0.2, 0.25) is 0 Å². The van der Waals surface area contributed by atoms with Gasteiger partial charge in [0.15, 0.2) is 5.58 Å². The molecule has 0 atom stereocenters. The fourth-order valence-electron chi connectivity index (χ4n) is 2.96. The van der Waals surface area contributed by atoms with E-state index >= 15 is 0 Å². The van der Waals surface area contributed by atoms with Gasteiger partial charge < -0.3 is 9.32 Å². The van der Waals surface area contributed by atoms with E-state index in [2.05, 4.69) is 0 Å². The molecule has 0 saturated carbocycles. The average molecular weight is 294 g/mol. The molecule has 5 heteroatoms. The molecule has 2 heterocycles. The number of benzene rings is 2. The van der Waals surface area contributed by atoms with Crippen LogP contribution in [0, 0.1) is 0 Å². The Balaban J connectivity index is 1.78. The highest BCUT2D eigenvalue weighted by atomic mass is 16.4. The van der Waals surface area contributed by atoms with Gasteiger partial charge in [0, 0.05) is 24.8 Å². The molecule has 0 aliphatic carbocycles. The molecule has 0 bridgehead atoms. The van der Waals surface area contributed by atoms with Crippen molar-refractivity contribution in [2.24, 2.45) is 7.05 Å². The van der Waals surface area contributed by atoms with Crippen molar-refractivity contribution >= 4 is 22.7 Å². The van der Waals surface area contributed by atoms with Gasteiger partial charge in [-0.1, -0.05) is 18.2 Å². The summed E-state index contributed by atoms with van der Waals surface area (Å²) in [6.07, 6.45) is 0.869. The Bertz CT molecular complexity index is 952. The number of para-hydroxylation sites is 1. The van der Waals surface area contributed by atoms with E-state index in [0.717, 1.165) is 12.1 Å². The van der Waals surface area contributed by atoms with Gasteiger partial charge >= 0.3 is 5.76 Å². The van der Waals surface area contributed by atoms with Crippen LogP contribution in [0.25, 0.3) is 11.1 Å². The van der Waals surface area contributed by atoms with E-state index in [0.29, 0.717) is 23.2 Å². The summed E-state index contributed by atoms with van der Waals surface area (Å²) in [6, 6.07) is 13.0. The maximum absolute atomic E-state index is 12.8. The number of carbonyl (C=O) groups excluding carboxylic acids is 1. The molecule has 0 radical (unpaired) electrons.